The molecule has 0 radical (unpaired) electrons. The molecule has 0 aliphatic rings. The molecule has 0 aromatic rings. The van der Waals surface area contributed by atoms with Crippen LogP contribution in [0.3, 0.4) is 0 Å². The normalized spacial score (nSPS) is 18.0. The van der Waals surface area contributed by atoms with E-state index in [1.807, 2.05) is 0 Å². The first-order valence-electron chi connectivity index (χ1n) is 1.51. The summed E-state index contributed by atoms with van der Waals surface area (Å²) < 4.78 is 30.2. The van der Waals surface area contributed by atoms with E-state index in [0.29, 0.717) is 6.26 Å². The average Bonchev–Trinajstić information content (AvgIpc) is 1.32. The van der Waals surface area contributed by atoms with Gasteiger partial charge < -0.3 is 0 Å². The maximum atomic E-state index is 10.0. The molecule has 5 heteroatoms. The van der Waals surface area contributed by atoms with Crippen LogP contribution in [0.25, 0.3) is 0 Å². The van der Waals surface area contributed by atoms with Crippen molar-refractivity contribution in [2.45, 2.75) is 0 Å². The van der Waals surface area contributed by atoms with E-state index in [2.05, 4.69) is 4.18 Å². The molecule has 46 valence electrons. The fourth-order valence-electron chi connectivity index (χ4n) is 0. The van der Waals surface area contributed by atoms with E-state index in [1.165, 1.54) is 0 Å². The molecule has 0 amide bonds. The fourth-order valence-corrected chi connectivity index (χ4v) is 0. The van der Waals surface area contributed by atoms with Crippen LogP contribution in [0.4, 0.5) is 0 Å². The molecule has 0 unspecified atom stereocenters. The maximum Gasteiger partial charge on any atom is 0.185 e. The van der Waals surface area contributed by atoms with Crippen molar-refractivity contribution in [1.82, 2.24) is 0 Å². The predicted octanol–water partition coefficient (Wildman–Crippen LogP) is -0.0563. The molecule has 0 bridgehead atoms. The highest BCUT2D eigenvalue weighted by Gasteiger charge is 2.18. The monoisotopic (exact) mass is 128 g/mol. The van der Waals surface area contributed by atoms with Gasteiger partial charge in [0.05, 0.1) is 13.4 Å². The molecule has 7 heavy (non-hydrogen) atoms. The van der Waals surface area contributed by atoms with Crippen molar-refractivity contribution in [3.63, 3.8) is 0 Å². The molecule has 0 atom stereocenters. The zero-order valence-electron chi connectivity index (χ0n) is 4.12. The van der Waals surface area contributed by atoms with E-state index in [0.717, 1.165) is 7.11 Å². The summed E-state index contributed by atoms with van der Waals surface area (Å²) in [5.41, 5.74) is 0. The first-order valence-corrected chi connectivity index (χ1v) is 3.73. The van der Waals surface area contributed by atoms with Crippen LogP contribution in [0.2, 0.25) is 0 Å². The summed E-state index contributed by atoms with van der Waals surface area (Å²) >= 11 is 0. The third kappa shape index (κ3) is 6.03. The highest BCUT2D eigenvalue weighted by atomic mass is 32.3. The molecule has 0 aliphatic carbocycles. The second-order valence-electron chi connectivity index (χ2n) is 1.31. The summed E-state index contributed by atoms with van der Waals surface area (Å²) in [6.45, 7) is 0. The Hall–Kier alpha value is 0.0300. The van der Waals surface area contributed by atoms with Crippen LogP contribution in [0.1, 0.15) is 0 Å². The average molecular weight is 128 g/mol. The van der Waals surface area contributed by atoms with Gasteiger partial charge in [0.25, 0.3) is 0 Å². The molecule has 0 aromatic heterocycles. The zero-order valence-corrected chi connectivity index (χ0v) is 4.94. The standard InChI is InChI=1S/C2H8O4S/c1-6-7(2,3,4)5/h1-2H3,(H2,3,4,5). The Morgan fingerprint density at radius 1 is 1.57 bits per heavy atom. The highest BCUT2D eigenvalue weighted by molar-refractivity contribution is 8.05. The van der Waals surface area contributed by atoms with Crippen molar-refractivity contribution < 1.29 is 17.5 Å². The largest absolute Gasteiger partial charge is 0.289 e. The molecule has 0 spiro atoms. The Balaban J connectivity index is 4.14. The Morgan fingerprint density at radius 3 is 1.71 bits per heavy atom. The van der Waals surface area contributed by atoms with E-state index >= 15 is 0 Å². The van der Waals surface area contributed by atoms with E-state index in [4.69, 9.17) is 9.11 Å². The summed E-state index contributed by atoms with van der Waals surface area (Å²) in [7, 11) is -3.66. The van der Waals surface area contributed by atoms with Gasteiger partial charge in [-0.1, -0.05) is 0 Å². The van der Waals surface area contributed by atoms with Gasteiger partial charge in [0.2, 0.25) is 0 Å². The minimum absolute atomic E-state index is 0.706. The smallest absolute Gasteiger partial charge is 0.185 e. The highest BCUT2D eigenvalue weighted by Crippen LogP contribution is 2.08. The van der Waals surface area contributed by atoms with Gasteiger partial charge in [0, 0.05) is 0 Å². The summed E-state index contributed by atoms with van der Waals surface area (Å²) in [5.74, 6) is 0. The molecular weight excluding hydrogens is 120 g/mol. The van der Waals surface area contributed by atoms with E-state index in [1.54, 1.807) is 0 Å². The molecule has 0 fully saturated rings. The summed E-state index contributed by atoms with van der Waals surface area (Å²) in [4.78, 5) is 0. The van der Waals surface area contributed by atoms with E-state index in [-0.39, 0.29) is 0 Å². The van der Waals surface area contributed by atoms with Crippen molar-refractivity contribution >= 4 is 9.91 Å². The molecule has 0 aromatic carbocycles. The molecule has 2 N–H and O–H groups in total. The second-order valence-corrected chi connectivity index (χ2v) is 3.94. The van der Waals surface area contributed by atoms with Crippen molar-refractivity contribution in [1.29, 1.82) is 0 Å². The van der Waals surface area contributed by atoms with Gasteiger partial charge in [0.15, 0.2) is 9.91 Å². The first kappa shape index (κ1) is 7.03. The van der Waals surface area contributed by atoms with Crippen molar-refractivity contribution in [3.8, 4) is 0 Å². The van der Waals surface area contributed by atoms with Crippen LogP contribution >= 0.6 is 0 Å². The Kier molecular flexibility index (Phi) is 1.26. The topological polar surface area (TPSA) is 66.8 Å². The van der Waals surface area contributed by atoms with Gasteiger partial charge in [-0.05, 0) is 0 Å². The van der Waals surface area contributed by atoms with Crippen molar-refractivity contribution in [3.05, 3.63) is 0 Å². The van der Waals surface area contributed by atoms with Gasteiger partial charge in [-0.3, -0.25) is 13.3 Å². The van der Waals surface area contributed by atoms with Crippen LogP contribution in [-0.2, 0) is 14.1 Å². The van der Waals surface area contributed by atoms with Gasteiger partial charge in [-0.25, -0.2) is 4.21 Å². The molecule has 0 saturated carbocycles. The fraction of sp³-hybridized carbons (Fsp3) is 1.00. The third-order valence-corrected chi connectivity index (χ3v) is 1.15. The van der Waals surface area contributed by atoms with Crippen LogP contribution in [0, 0.1) is 0 Å². The lowest BCUT2D eigenvalue weighted by atomic mass is 11.8. The SMILES string of the molecule is COS(C)(=O)(O)O. The lowest BCUT2D eigenvalue weighted by Gasteiger charge is -2.21. The molecule has 0 heterocycles. The number of hydrogen-bond donors (Lipinski definition) is 2. The quantitative estimate of drug-likeness (QED) is 0.519. The van der Waals surface area contributed by atoms with Crippen LogP contribution < -0.4 is 0 Å². The van der Waals surface area contributed by atoms with Gasteiger partial charge in [0.1, 0.15) is 0 Å². The van der Waals surface area contributed by atoms with Crippen molar-refractivity contribution in [2.24, 2.45) is 0 Å². The molecule has 0 saturated heterocycles. The first-order chi connectivity index (χ1) is 2.81. The number of hydrogen-bond acceptors (Lipinski definition) is 2. The van der Waals surface area contributed by atoms with E-state index < -0.39 is 9.91 Å². The number of rotatable bonds is 1. The molecule has 0 aliphatic heterocycles. The lowest BCUT2D eigenvalue weighted by Crippen LogP contribution is -2.30. The van der Waals surface area contributed by atoms with Crippen LogP contribution in [-0.4, -0.2) is 26.7 Å². The molecule has 0 rings (SSSR count). The summed E-state index contributed by atoms with van der Waals surface area (Å²) in [6.07, 6.45) is 0.706. The van der Waals surface area contributed by atoms with Gasteiger partial charge in [-0.15, -0.1) is 0 Å². The zero-order chi connectivity index (χ0) is 6.15. The molecular formula is C2H8O4S. The second kappa shape index (κ2) is 1.25. The van der Waals surface area contributed by atoms with Crippen LogP contribution in [0.15, 0.2) is 0 Å². The summed E-state index contributed by atoms with van der Waals surface area (Å²) in [5, 5.41) is 0. The van der Waals surface area contributed by atoms with Crippen LogP contribution in [0.5, 0.6) is 0 Å². The lowest BCUT2D eigenvalue weighted by molar-refractivity contribution is 0.251. The van der Waals surface area contributed by atoms with Gasteiger partial charge in [-0.2, -0.15) is 0 Å². The van der Waals surface area contributed by atoms with Crippen molar-refractivity contribution in [2.75, 3.05) is 13.4 Å². The maximum absolute atomic E-state index is 10.0. The Morgan fingerprint density at radius 2 is 1.71 bits per heavy atom. The summed E-state index contributed by atoms with van der Waals surface area (Å²) in [6, 6.07) is 0. The Bertz CT molecular complexity index is 111. The van der Waals surface area contributed by atoms with E-state index in [9.17, 15) is 4.21 Å². The van der Waals surface area contributed by atoms with Gasteiger partial charge >= 0.3 is 0 Å². The predicted molar refractivity (Wildman–Crippen MR) is 26.3 cm³/mol. The Labute approximate surface area is 41.7 Å². The third-order valence-electron chi connectivity index (χ3n) is 0.384. The molecule has 4 nitrogen and oxygen atoms in total. The minimum atomic E-state index is -4.62. The minimum Gasteiger partial charge on any atom is -0.289 e.